The van der Waals surface area contributed by atoms with Gasteiger partial charge in [0, 0.05) is 54.9 Å². The van der Waals surface area contributed by atoms with Crippen molar-refractivity contribution >= 4 is 43.7 Å². The zero-order chi connectivity index (χ0) is 39.2. The Balaban J connectivity index is 1.09. The number of rotatable bonds is 5. The lowest BCUT2D eigenvalue weighted by atomic mass is 9.82. The van der Waals surface area contributed by atoms with Crippen molar-refractivity contribution in [3.8, 4) is 62.1 Å². The molecule has 0 bridgehead atoms. The maximum atomic E-state index is 6.61. The zero-order valence-electron chi connectivity index (χ0n) is 32.5. The second kappa shape index (κ2) is 12.7. The summed E-state index contributed by atoms with van der Waals surface area (Å²) in [5, 5.41) is 4.43. The first-order valence-electron chi connectivity index (χ1n) is 20.1. The first-order valence-corrected chi connectivity index (χ1v) is 20.1. The monoisotopic (exact) mass is 756 g/mol. The van der Waals surface area contributed by atoms with Gasteiger partial charge in [0.15, 0.2) is 17.5 Å². The van der Waals surface area contributed by atoms with Crippen LogP contribution in [0.15, 0.2) is 186 Å². The quantitative estimate of drug-likeness (QED) is 0.175. The molecule has 0 amide bonds. The summed E-state index contributed by atoms with van der Waals surface area (Å²) in [7, 11) is 0. The Kier molecular flexibility index (Phi) is 7.20. The highest BCUT2D eigenvalue weighted by Gasteiger charge is 2.35. The standard InChI is InChI=1S/C54H36N4O/c1-54(2)45-25-11-9-19-38(45)39-29-27-35(31-46(39)54)52-55-51(34-17-7-4-8-18-34)56-53(57-52)43-24-14-22-41-40-20-10-12-26-47(40)58(49(41)43)36-28-30-48-44(32-36)42-23-13-21-37(50(42)59-48)33-15-5-3-6-16-33/h3-32H,1-2H3. The van der Waals surface area contributed by atoms with Crippen LogP contribution in [-0.4, -0.2) is 19.5 Å². The number of aromatic nitrogens is 4. The molecular weight excluding hydrogens is 721 g/mol. The Labute approximate surface area is 340 Å². The highest BCUT2D eigenvalue weighted by molar-refractivity contribution is 6.14. The number of hydrogen-bond donors (Lipinski definition) is 0. The molecule has 5 heteroatoms. The number of fused-ring (bicyclic) bond motifs is 9. The summed E-state index contributed by atoms with van der Waals surface area (Å²) in [6, 6.07) is 64.1. The van der Waals surface area contributed by atoms with Crippen molar-refractivity contribution in [3.63, 3.8) is 0 Å². The molecule has 1 aliphatic carbocycles. The molecule has 59 heavy (non-hydrogen) atoms. The average molecular weight is 757 g/mol. The molecule has 3 heterocycles. The summed E-state index contributed by atoms with van der Waals surface area (Å²) in [5.41, 5.74) is 15.0. The van der Waals surface area contributed by atoms with E-state index in [-0.39, 0.29) is 5.41 Å². The Morgan fingerprint density at radius 2 is 1.05 bits per heavy atom. The van der Waals surface area contributed by atoms with E-state index < -0.39 is 0 Å². The van der Waals surface area contributed by atoms with E-state index in [0.717, 1.165) is 77.2 Å². The lowest BCUT2D eigenvalue weighted by Crippen LogP contribution is -2.15. The first kappa shape index (κ1) is 33.5. The van der Waals surface area contributed by atoms with E-state index in [2.05, 4.69) is 176 Å². The molecular formula is C54H36N4O. The minimum atomic E-state index is -0.156. The maximum Gasteiger partial charge on any atom is 0.166 e. The summed E-state index contributed by atoms with van der Waals surface area (Å²) in [5.74, 6) is 1.89. The van der Waals surface area contributed by atoms with Gasteiger partial charge in [0.2, 0.25) is 0 Å². The van der Waals surface area contributed by atoms with Crippen LogP contribution in [-0.2, 0) is 5.41 Å². The average Bonchev–Trinajstić information content (AvgIpc) is 3.92. The topological polar surface area (TPSA) is 56.7 Å². The lowest BCUT2D eigenvalue weighted by molar-refractivity contribution is 0.660. The number of hydrogen-bond acceptors (Lipinski definition) is 4. The minimum Gasteiger partial charge on any atom is -0.455 e. The molecule has 278 valence electrons. The van der Waals surface area contributed by atoms with Gasteiger partial charge in [-0.25, -0.2) is 15.0 Å². The van der Waals surface area contributed by atoms with E-state index in [9.17, 15) is 0 Å². The normalized spacial score (nSPS) is 13.1. The number of nitrogens with zero attached hydrogens (tertiary/aromatic N) is 4. The van der Waals surface area contributed by atoms with Gasteiger partial charge in [0.1, 0.15) is 11.2 Å². The third-order valence-corrected chi connectivity index (χ3v) is 12.3. The van der Waals surface area contributed by atoms with Gasteiger partial charge >= 0.3 is 0 Å². The van der Waals surface area contributed by atoms with Crippen LogP contribution in [0.5, 0.6) is 0 Å². The molecule has 12 rings (SSSR count). The molecule has 0 saturated carbocycles. The summed E-state index contributed by atoms with van der Waals surface area (Å²) in [4.78, 5) is 15.8. The molecule has 0 spiro atoms. The molecule has 11 aromatic rings. The van der Waals surface area contributed by atoms with Crippen molar-refractivity contribution in [1.82, 2.24) is 19.5 Å². The van der Waals surface area contributed by atoms with E-state index >= 15 is 0 Å². The van der Waals surface area contributed by atoms with Gasteiger partial charge in [-0.1, -0.05) is 159 Å². The first-order chi connectivity index (χ1) is 29.0. The molecule has 8 aromatic carbocycles. The van der Waals surface area contributed by atoms with Crippen molar-refractivity contribution < 1.29 is 4.42 Å². The van der Waals surface area contributed by atoms with Crippen molar-refractivity contribution in [2.45, 2.75) is 19.3 Å². The number of para-hydroxylation sites is 3. The summed E-state index contributed by atoms with van der Waals surface area (Å²) >= 11 is 0. The van der Waals surface area contributed by atoms with Gasteiger partial charge in [-0.3, -0.25) is 0 Å². The van der Waals surface area contributed by atoms with Crippen LogP contribution in [0, 0.1) is 0 Å². The Morgan fingerprint density at radius 3 is 1.88 bits per heavy atom. The largest absolute Gasteiger partial charge is 0.455 e. The molecule has 3 aromatic heterocycles. The van der Waals surface area contributed by atoms with Crippen molar-refractivity contribution in [2.75, 3.05) is 0 Å². The van der Waals surface area contributed by atoms with Crippen LogP contribution in [0.25, 0.3) is 106 Å². The van der Waals surface area contributed by atoms with E-state index in [0.29, 0.717) is 17.5 Å². The summed E-state index contributed by atoms with van der Waals surface area (Å²) in [6.07, 6.45) is 0. The van der Waals surface area contributed by atoms with Gasteiger partial charge in [0.05, 0.1) is 11.0 Å². The Morgan fingerprint density at radius 1 is 0.424 bits per heavy atom. The van der Waals surface area contributed by atoms with Gasteiger partial charge in [-0.05, 0) is 64.2 Å². The SMILES string of the molecule is CC1(C)c2ccccc2-c2ccc(-c3nc(-c4ccccc4)nc(-c4cccc5c6ccccc6n(-c6ccc7oc8c(-c9ccccc9)cccc8c7c6)c45)n3)cc21. The second-order valence-corrected chi connectivity index (χ2v) is 16.0. The van der Waals surface area contributed by atoms with Crippen LogP contribution in [0.1, 0.15) is 25.0 Å². The van der Waals surface area contributed by atoms with E-state index in [1.165, 1.54) is 22.3 Å². The number of furan rings is 1. The van der Waals surface area contributed by atoms with Crippen LogP contribution >= 0.6 is 0 Å². The van der Waals surface area contributed by atoms with Crippen molar-refractivity contribution in [3.05, 3.63) is 193 Å². The summed E-state index contributed by atoms with van der Waals surface area (Å²) in [6.45, 7) is 4.61. The number of benzene rings is 8. The highest BCUT2D eigenvalue weighted by Crippen LogP contribution is 2.49. The van der Waals surface area contributed by atoms with Gasteiger partial charge in [-0.15, -0.1) is 0 Å². The third kappa shape index (κ3) is 5.08. The van der Waals surface area contributed by atoms with E-state index in [1.807, 2.05) is 24.3 Å². The van der Waals surface area contributed by atoms with Crippen LogP contribution < -0.4 is 0 Å². The molecule has 5 nitrogen and oxygen atoms in total. The van der Waals surface area contributed by atoms with Crippen molar-refractivity contribution in [2.24, 2.45) is 0 Å². The zero-order valence-corrected chi connectivity index (χ0v) is 32.5. The lowest BCUT2D eigenvalue weighted by Gasteiger charge is -2.21. The molecule has 1 aliphatic rings. The highest BCUT2D eigenvalue weighted by atomic mass is 16.3. The molecule has 0 N–H and O–H groups in total. The van der Waals surface area contributed by atoms with Crippen molar-refractivity contribution in [1.29, 1.82) is 0 Å². The summed E-state index contributed by atoms with van der Waals surface area (Å²) < 4.78 is 8.97. The van der Waals surface area contributed by atoms with Crippen LogP contribution in [0.2, 0.25) is 0 Å². The molecule has 0 saturated heterocycles. The molecule has 0 aliphatic heterocycles. The second-order valence-electron chi connectivity index (χ2n) is 16.0. The fraction of sp³-hybridized carbons (Fsp3) is 0.0556. The van der Waals surface area contributed by atoms with Gasteiger partial charge in [0.25, 0.3) is 0 Å². The smallest absolute Gasteiger partial charge is 0.166 e. The molecule has 0 fully saturated rings. The minimum absolute atomic E-state index is 0.156. The maximum absolute atomic E-state index is 6.61. The van der Waals surface area contributed by atoms with Gasteiger partial charge in [-0.2, -0.15) is 0 Å². The fourth-order valence-electron chi connectivity index (χ4n) is 9.42. The molecule has 0 unspecified atom stereocenters. The Bertz CT molecular complexity index is 3470. The van der Waals surface area contributed by atoms with E-state index in [1.54, 1.807) is 0 Å². The van der Waals surface area contributed by atoms with Gasteiger partial charge < -0.3 is 8.98 Å². The van der Waals surface area contributed by atoms with E-state index in [4.69, 9.17) is 19.4 Å². The molecule has 0 radical (unpaired) electrons. The molecule has 0 atom stereocenters. The Hall–Kier alpha value is -7.63. The van der Waals surface area contributed by atoms with Crippen LogP contribution in [0.3, 0.4) is 0 Å². The fourth-order valence-corrected chi connectivity index (χ4v) is 9.42. The van der Waals surface area contributed by atoms with Crippen LogP contribution in [0.4, 0.5) is 0 Å². The third-order valence-electron chi connectivity index (χ3n) is 12.3. The predicted octanol–water partition coefficient (Wildman–Crippen LogP) is 13.8. The predicted molar refractivity (Wildman–Crippen MR) is 241 cm³/mol.